The van der Waals surface area contributed by atoms with Crippen molar-refractivity contribution < 1.29 is 19.0 Å². The molecule has 1 aromatic rings. The molecular formula is C16H24ClNO4. The molecule has 22 heavy (non-hydrogen) atoms. The Morgan fingerprint density at radius 1 is 1.23 bits per heavy atom. The molecule has 0 unspecified atom stereocenters. The maximum Gasteiger partial charge on any atom is 0.349 e. The first-order valence-corrected chi connectivity index (χ1v) is 7.29. The SMILES string of the molecule is CC(C)(Oc1ccccc1)C(=O)OCCN1CCOCC1.Cl. The van der Waals surface area contributed by atoms with Crippen LogP contribution >= 0.6 is 12.4 Å². The van der Waals surface area contributed by atoms with E-state index in [9.17, 15) is 4.79 Å². The van der Waals surface area contributed by atoms with Gasteiger partial charge in [-0.05, 0) is 26.0 Å². The van der Waals surface area contributed by atoms with Crippen molar-refractivity contribution in [2.45, 2.75) is 19.4 Å². The fourth-order valence-electron chi connectivity index (χ4n) is 2.09. The average molecular weight is 330 g/mol. The lowest BCUT2D eigenvalue weighted by Gasteiger charge is -2.28. The van der Waals surface area contributed by atoms with Crippen molar-refractivity contribution in [3.05, 3.63) is 30.3 Å². The van der Waals surface area contributed by atoms with Crippen LogP contribution in [0.25, 0.3) is 0 Å². The van der Waals surface area contributed by atoms with Gasteiger partial charge in [-0.2, -0.15) is 0 Å². The molecule has 1 saturated heterocycles. The zero-order valence-electron chi connectivity index (χ0n) is 13.1. The molecular weight excluding hydrogens is 306 g/mol. The Hall–Kier alpha value is -1.30. The highest BCUT2D eigenvalue weighted by Crippen LogP contribution is 2.18. The van der Waals surface area contributed by atoms with Gasteiger partial charge in [0.15, 0.2) is 5.60 Å². The van der Waals surface area contributed by atoms with E-state index >= 15 is 0 Å². The number of carbonyl (C=O) groups excluding carboxylic acids is 1. The maximum absolute atomic E-state index is 12.1. The first kappa shape index (κ1) is 18.7. The molecule has 0 radical (unpaired) electrons. The molecule has 0 saturated carbocycles. The van der Waals surface area contributed by atoms with Gasteiger partial charge in [-0.15, -0.1) is 12.4 Å². The van der Waals surface area contributed by atoms with Crippen LogP contribution in [0.15, 0.2) is 30.3 Å². The highest BCUT2D eigenvalue weighted by Gasteiger charge is 2.31. The molecule has 1 aliphatic heterocycles. The second-order valence-corrected chi connectivity index (χ2v) is 5.52. The van der Waals surface area contributed by atoms with Gasteiger partial charge in [0.05, 0.1) is 13.2 Å². The summed E-state index contributed by atoms with van der Waals surface area (Å²) in [5.74, 6) is 0.312. The van der Waals surface area contributed by atoms with Gasteiger partial charge < -0.3 is 14.2 Å². The summed E-state index contributed by atoms with van der Waals surface area (Å²) in [7, 11) is 0. The molecule has 1 fully saturated rings. The second kappa shape index (κ2) is 8.98. The molecule has 124 valence electrons. The smallest absolute Gasteiger partial charge is 0.349 e. The standard InChI is InChI=1S/C16H23NO4.ClH/c1-16(2,21-14-6-4-3-5-7-14)15(18)20-13-10-17-8-11-19-12-9-17;/h3-7H,8-13H2,1-2H3;1H. The van der Waals surface area contributed by atoms with E-state index in [1.807, 2.05) is 30.3 Å². The van der Waals surface area contributed by atoms with Crippen molar-refractivity contribution >= 4 is 18.4 Å². The maximum atomic E-state index is 12.1. The quantitative estimate of drug-likeness (QED) is 0.748. The minimum Gasteiger partial charge on any atom is -0.476 e. The van der Waals surface area contributed by atoms with E-state index in [2.05, 4.69) is 4.90 Å². The van der Waals surface area contributed by atoms with Crippen LogP contribution in [0, 0.1) is 0 Å². The van der Waals surface area contributed by atoms with Gasteiger partial charge in [0.1, 0.15) is 12.4 Å². The molecule has 1 heterocycles. The second-order valence-electron chi connectivity index (χ2n) is 5.52. The third kappa shape index (κ3) is 5.83. The Kier molecular flexibility index (Phi) is 7.65. The Labute approximate surface area is 137 Å². The van der Waals surface area contributed by atoms with E-state index in [1.165, 1.54) is 0 Å². The van der Waals surface area contributed by atoms with E-state index in [1.54, 1.807) is 13.8 Å². The summed E-state index contributed by atoms with van der Waals surface area (Å²) in [4.78, 5) is 14.3. The zero-order chi connectivity index (χ0) is 15.1. The normalized spacial score (nSPS) is 15.7. The van der Waals surface area contributed by atoms with E-state index < -0.39 is 5.60 Å². The van der Waals surface area contributed by atoms with Crippen LogP contribution in [0.1, 0.15) is 13.8 Å². The number of morpholine rings is 1. The number of para-hydroxylation sites is 1. The molecule has 0 aromatic heterocycles. The molecule has 0 bridgehead atoms. The Bertz CT molecular complexity index is 447. The molecule has 5 nitrogen and oxygen atoms in total. The summed E-state index contributed by atoms with van der Waals surface area (Å²) in [6, 6.07) is 9.29. The summed E-state index contributed by atoms with van der Waals surface area (Å²) in [5.41, 5.74) is -0.994. The average Bonchev–Trinajstić information content (AvgIpc) is 2.49. The van der Waals surface area contributed by atoms with Crippen LogP contribution in [0.3, 0.4) is 0 Å². The molecule has 1 aliphatic rings. The number of esters is 1. The Morgan fingerprint density at radius 2 is 1.86 bits per heavy atom. The number of ether oxygens (including phenoxy) is 3. The van der Waals surface area contributed by atoms with E-state index in [4.69, 9.17) is 14.2 Å². The number of hydrogen-bond acceptors (Lipinski definition) is 5. The lowest BCUT2D eigenvalue weighted by Crippen LogP contribution is -2.42. The van der Waals surface area contributed by atoms with Gasteiger partial charge >= 0.3 is 5.97 Å². The van der Waals surface area contributed by atoms with Gasteiger partial charge in [-0.1, -0.05) is 18.2 Å². The molecule has 0 aliphatic carbocycles. The molecule has 0 N–H and O–H groups in total. The van der Waals surface area contributed by atoms with Crippen LogP contribution in [0.2, 0.25) is 0 Å². The minimum atomic E-state index is -0.994. The third-order valence-electron chi connectivity index (χ3n) is 3.35. The van der Waals surface area contributed by atoms with Crippen molar-refractivity contribution in [1.82, 2.24) is 4.90 Å². The van der Waals surface area contributed by atoms with E-state index in [0.717, 1.165) is 32.8 Å². The summed E-state index contributed by atoms with van der Waals surface area (Å²) in [5, 5.41) is 0. The molecule has 0 atom stereocenters. The fourth-order valence-corrected chi connectivity index (χ4v) is 2.09. The molecule has 6 heteroatoms. The van der Waals surface area contributed by atoms with Crippen LogP contribution in [-0.4, -0.2) is 55.9 Å². The number of carbonyl (C=O) groups is 1. The van der Waals surface area contributed by atoms with Gasteiger partial charge in [0, 0.05) is 19.6 Å². The van der Waals surface area contributed by atoms with Crippen LogP contribution in [0.5, 0.6) is 5.75 Å². The molecule has 2 rings (SSSR count). The first-order valence-electron chi connectivity index (χ1n) is 7.29. The minimum absolute atomic E-state index is 0. The number of rotatable bonds is 6. The van der Waals surface area contributed by atoms with Crippen molar-refractivity contribution in [2.24, 2.45) is 0 Å². The molecule has 0 spiro atoms. The summed E-state index contributed by atoms with van der Waals surface area (Å²) in [6.45, 7) is 7.82. The molecule has 1 aromatic carbocycles. The number of halogens is 1. The van der Waals surface area contributed by atoms with Crippen molar-refractivity contribution in [3.63, 3.8) is 0 Å². The summed E-state index contributed by atoms with van der Waals surface area (Å²) < 4.78 is 16.3. The topological polar surface area (TPSA) is 48.0 Å². The fraction of sp³-hybridized carbons (Fsp3) is 0.562. The molecule has 0 amide bonds. The van der Waals surface area contributed by atoms with E-state index in [0.29, 0.717) is 12.4 Å². The van der Waals surface area contributed by atoms with Crippen molar-refractivity contribution in [2.75, 3.05) is 39.5 Å². The Morgan fingerprint density at radius 3 is 2.50 bits per heavy atom. The highest BCUT2D eigenvalue weighted by molar-refractivity contribution is 5.85. The van der Waals surface area contributed by atoms with Gasteiger partial charge in [0.2, 0.25) is 0 Å². The number of hydrogen-bond donors (Lipinski definition) is 0. The lowest BCUT2D eigenvalue weighted by atomic mass is 10.1. The largest absolute Gasteiger partial charge is 0.476 e. The number of nitrogens with zero attached hydrogens (tertiary/aromatic N) is 1. The number of benzene rings is 1. The lowest BCUT2D eigenvalue weighted by molar-refractivity contribution is -0.159. The predicted molar refractivity (Wildman–Crippen MR) is 86.6 cm³/mol. The highest BCUT2D eigenvalue weighted by atomic mass is 35.5. The van der Waals surface area contributed by atoms with Gasteiger partial charge in [0.25, 0.3) is 0 Å². The Balaban J connectivity index is 0.00000242. The summed E-state index contributed by atoms with van der Waals surface area (Å²) in [6.07, 6.45) is 0. The zero-order valence-corrected chi connectivity index (χ0v) is 13.9. The first-order chi connectivity index (χ1) is 10.1. The van der Waals surface area contributed by atoms with Crippen molar-refractivity contribution in [3.8, 4) is 5.75 Å². The summed E-state index contributed by atoms with van der Waals surface area (Å²) >= 11 is 0. The monoisotopic (exact) mass is 329 g/mol. The predicted octanol–water partition coefficient (Wildman–Crippen LogP) is 2.14. The van der Waals surface area contributed by atoms with Gasteiger partial charge in [-0.3, -0.25) is 4.90 Å². The van der Waals surface area contributed by atoms with Crippen molar-refractivity contribution in [1.29, 1.82) is 0 Å². The van der Waals surface area contributed by atoms with Crippen LogP contribution in [0.4, 0.5) is 0 Å². The van der Waals surface area contributed by atoms with E-state index in [-0.39, 0.29) is 18.4 Å². The third-order valence-corrected chi connectivity index (χ3v) is 3.35. The van der Waals surface area contributed by atoms with Gasteiger partial charge in [-0.25, -0.2) is 4.79 Å². The van der Waals surface area contributed by atoms with Crippen LogP contribution in [-0.2, 0) is 14.3 Å². The van der Waals surface area contributed by atoms with Crippen LogP contribution < -0.4 is 4.74 Å².